The summed E-state index contributed by atoms with van der Waals surface area (Å²) < 4.78 is 1.55. The van der Waals surface area contributed by atoms with Crippen molar-refractivity contribution in [3.05, 3.63) is 76.1 Å². The maximum Gasteiger partial charge on any atom is 0.320 e. The lowest BCUT2D eigenvalue weighted by atomic mass is 9.94. The second-order valence-electron chi connectivity index (χ2n) is 7.09. The molecular formula is C23H21N3O2. The van der Waals surface area contributed by atoms with Crippen LogP contribution in [0.1, 0.15) is 23.5 Å². The maximum atomic E-state index is 12.6. The first-order valence-corrected chi connectivity index (χ1v) is 9.28. The largest absolute Gasteiger partial charge is 0.324 e. The minimum atomic E-state index is -0.381. The molecule has 5 nitrogen and oxygen atoms in total. The first kappa shape index (κ1) is 17.9. The van der Waals surface area contributed by atoms with E-state index in [9.17, 15) is 9.59 Å². The zero-order valence-corrected chi connectivity index (χ0v) is 15.6. The molecule has 2 atom stereocenters. The van der Waals surface area contributed by atoms with Gasteiger partial charge in [0.2, 0.25) is 0 Å². The number of urea groups is 1. The summed E-state index contributed by atoms with van der Waals surface area (Å²) in [6, 6.07) is 16.3. The average Bonchev–Trinajstić information content (AvgIpc) is 3.13. The Kier molecular flexibility index (Phi) is 4.62. The second-order valence-corrected chi connectivity index (χ2v) is 7.09. The Balaban J connectivity index is 1.51. The predicted molar refractivity (Wildman–Crippen MR) is 111 cm³/mol. The van der Waals surface area contributed by atoms with E-state index in [0.717, 1.165) is 23.7 Å². The lowest BCUT2D eigenvalue weighted by molar-refractivity contribution is 0.249. The molecule has 28 heavy (non-hydrogen) atoms. The van der Waals surface area contributed by atoms with E-state index >= 15 is 0 Å². The molecule has 0 spiro atoms. The summed E-state index contributed by atoms with van der Waals surface area (Å²) in [7, 11) is 1.71. The van der Waals surface area contributed by atoms with Crippen molar-refractivity contribution in [2.45, 2.75) is 24.8 Å². The van der Waals surface area contributed by atoms with Crippen LogP contribution in [0.15, 0.2) is 59.4 Å². The van der Waals surface area contributed by atoms with Crippen LogP contribution in [0, 0.1) is 12.3 Å². The number of nitrogens with one attached hydrogen (secondary N) is 2. The fourth-order valence-corrected chi connectivity index (χ4v) is 3.95. The zero-order chi connectivity index (χ0) is 19.7. The van der Waals surface area contributed by atoms with Crippen molar-refractivity contribution in [2.75, 3.05) is 5.32 Å². The molecule has 0 saturated carbocycles. The number of nitrogens with zero attached hydrogens (tertiary/aromatic N) is 1. The van der Waals surface area contributed by atoms with Crippen molar-refractivity contribution < 1.29 is 4.79 Å². The van der Waals surface area contributed by atoms with Gasteiger partial charge in [0.1, 0.15) is 0 Å². The van der Waals surface area contributed by atoms with Gasteiger partial charge in [0.25, 0.3) is 5.56 Å². The lowest BCUT2D eigenvalue weighted by Crippen LogP contribution is -2.40. The Morgan fingerprint density at radius 1 is 1.21 bits per heavy atom. The molecule has 1 aromatic heterocycles. The average molecular weight is 371 g/mol. The molecule has 0 radical (unpaired) electrons. The van der Waals surface area contributed by atoms with Crippen LogP contribution < -0.4 is 16.2 Å². The van der Waals surface area contributed by atoms with E-state index < -0.39 is 0 Å². The van der Waals surface area contributed by atoms with Crippen molar-refractivity contribution in [3.63, 3.8) is 0 Å². The summed E-state index contributed by atoms with van der Waals surface area (Å²) in [5, 5.41) is 6.68. The minimum absolute atomic E-state index is 0.0959. The minimum Gasteiger partial charge on any atom is -0.324 e. The Morgan fingerprint density at radius 2 is 2.00 bits per heavy atom. The lowest BCUT2D eigenvalue weighted by Gasteiger charge is -2.21. The first-order chi connectivity index (χ1) is 13.6. The Hall–Kier alpha value is -3.52. The summed E-state index contributed by atoms with van der Waals surface area (Å²) in [5.41, 5.74) is 3.77. The highest BCUT2D eigenvalue weighted by atomic mass is 16.2. The van der Waals surface area contributed by atoms with Crippen molar-refractivity contribution >= 4 is 22.6 Å². The van der Waals surface area contributed by atoms with Gasteiger partial charge < -0.3 is 15.2 Å². The van der Waals surface area contributed by atoms with E-state index in [1.165, 1.54) is 17.2 Å². The molecule has 5 heteroatoms. The second kappa shape index (κ2) is 7.24. The number of fused-ring (bicyclic) bond motifs is 2. The van der Waals surface area contributed by atoms with Crippen LogP contribution in [0.3, 0.4) is 0 Å². The summed E-state index contributed by atoms with van der Waals surface area (Å²) >= 11 is 0. The van der Waals surface area contributed by atoms with Crippen LogP contribution in [0.25, 0.3) is 10.9 Å². The number of aryl methyl sites for hydroxylation is 2. The van der Waals surface area contributed by atoms with Gasteiger partial charge in [-0.2, -0.15) is 0 Å². The van der Waals surface area contributed by atoms with E-state index in [4.69, 9.17) is 6.42 Å². The molecule has 4 rings (SSSR count). The van der Waals surface area contributed by atoms with Crippen molar-refractivity contribution in [2.24, 2.45) is 7.05 Å². The normalized spacial score (nSPS) is 16.2. The quantitative estimate of drug-likeness (QED) is 0.693. The zero-order valence-electron chi connectivity index (χ0n) is 15.6. The highest BCUT2D eigenvalue weighted by Crippen LogP contribution is 2.35. The van der Waals surface area contributed by atoms with E-state index in [2.05, 4.69) is 28.7 Å². The number of benzene rings is 2. The molecule has 0 bridgehead atoms. The Bertz CT molecular complexity index is 1160. The van der Waals surface area contributed by atoms with Crippen molar-refractivity contribution in [3.8, 4) is 12.3 Å². The van der Waals surface area contributed by atoms with Crippen LogP contribution in [-0.2, 0) is 13.5 Å². The van der Waals surface area contributed by atoms with E-state index in [1.807, 2.05) is 24.3 Å². The first-order valence-electron chi connectivity index (χ1n) is 9.28. The summed E-state index contributed by atoms with van der Waals surface area (Å²) in [4.78, 5) is 24.4. The van der Waals surface area contributed by atoms with Gasteiger partial charge in [-0.25, -0.2) is 4.79 Å². The van der Waals surface area contributed by atoms with Gasteiger partial charge in [-0.3, -0.25) is 4.79 Å². The third-order valence-corrected chi connectivity index (χ3v) is 5.43. The Labute approximate surface area is 163 Å². The number of anilines is 1. The van der Waals surface area contributed by atoms with Gasteiger partial charge in [-0.1, -0.05) is 36.3 Å². The van der Waals surface area contributed by atoms with Crippen molar-refractivity contribution in [1.82, 2.24) is 9.88 Å². The number of terminal acetylenes is 1. The third kappa shape index (κ3) is 3.25. The van der Waals surface area contributed by atoms with Crippen LogP contribution in [0.2, 0.25) is 0 Å². The maximum absolute atomic E-state index is 12.6. The SMILES string of the molecule is C#CC(NC(=O)Nc1ccc2ccc(=O)n(C)c2c1)C1CCc2ccccc21. The molecule has 1 aliphatic rings. The van der Waals surface area contributed by atoms with Crippen LogP contribution in [0.5, 0.6) is 0 Å². The molecule has 1 heterocycles. The molecule has 2 unspecified atom stereocenters. The van der Waals surface area contributed by atoms with Gasteiger partial charge in [0, 0.05) is 24.7 Å². The molecule has 2 N–H and O–H groups in total. The van der Waals surface area contributed by atoms with Crippen LogP contribution >= 0.6 is 0 Å². The van der Waals surface area contributed by atoms with Gasteiger partial charge in [0.15, 0.2) is 0 Å². The fraction of sp³-hybridized carbons (Fsp3) is 0.217. The third-order valence-electron chi connectivity index (χ3n) is 5.43. The number of aromatic nitrogens is 1. The van der Waals surface area contributed by atoms with Gasteiger partial charge in [-0.05, 0) is 47.6 Å². The fourth-order valence-electron chi connectivity index (χ4n) is 3.95. The van der Waals surface area contributed by atoms with Gasteiger partial charge in [0.05, 0.1) is 11.6 Å². The molecule has 0 fully saturated rings. The Morgan fingerprint density at radius 3 is 2.82 bits per heavy atom. The summed E-state index contributed by atoms with van der Waals surface area (Å²) in [6.07, 6.45) is 7.63. The highest BCUT2D eigenvalue weighted by molar-refractivity contribution is 5.93. The highest BCUT2D eigenvalue weighted by Gasteiger charge is 2.29. The van der Waals surface area contributed by atoms with Gasteiger partial charge in [-0.15, -0.1) is 6.42 Å². The smallest absolute Gasteiger partial charge is 0.320 e. The number of hydrogen-bond acceptors (Lipinski definition) is 2. The molecular weight excluding hydrogens is 350 g/mol. The number of carbonyl (C=O) groups is 1. The van der Waals surface area contributed by atoms with E-state index in [-0.39, 0.29) is 23.6 Å². The van der Waals surface area contributed by atoms with E-state index in [0.29, 0.717) is 5.69 Å². The number of hydrogen-bond donors (Lipinski definition) is 2. The number of amides is 2. The summed E-state index contributed by atoms with van der Waals surface area (Å²) in [5.74, 6) is 2.85. The summed E-state index contributed by atoms with van der Waals surface area (Å²) in [6.45, 7) is 0. The number of rotatable bonds is 3. The van der Waals surface area contributed by atoms with Crippen LogP contribution in [0.4, 0.5) is 10.5 Å². The van der Waals surface area contributed by atoms with Crippen LogP contribution in [-0.4, -0.2) is 16.6 Å². The predicted octanol–water partition coefficient (Wildman–Crippen LogP) is 3.39. The number of carbonyl (C=O) groups excluding carboxylic acids is 1. The molecule has 140 valence electrons. The molecule has 2 amide bonds. The standard InChI is InChI=1S/C23H21N3O2/c1-3-20(19-12-9-15-6-4-5-7-18(15)19)25-23(28)24-17-11-8-16-10-13-22(27)26(2)21(16)14-17/h1,4-8,10-11,13-14,19-20H,9,12H2,2H3,(H2,24,25,28). The van der Waals surface area contributed by atoms with Crippen molar-refractivity contribution in [1.29, 1.82) is 0 Å². The molecule has 0 saturated heterocycles. The molecule has 2 aromatic carbocycles. The molecule has 0 aliphatic heterocycles. The van der Waals surface area contributed by atoms with E-state index in [1.54, 1.807) is 23.7 Å². The molecule has 3 aromatic rings. The van der Waals surface area contributed by atoms with Gasteiger partial charge >= 0.3 is 6.03 Å². The number of pyridine rings is 1. The topological polar surface area (TPSA) is 63.1 Å². The monoisotopic (exact) mass is 371 g/mol. The molecule has 1 aliphatic carbocycles.